The van der Waals surface area contributed by atoms with Gasteiger partial charge in [0.15, 0.2) is 5.82 Å². The summed E-state index contributed by atoms with van der Waals surface area (Å²) in [4.78, 5) is 29.0. The smallest absolute Gasteiger partial charge is 0.315 e. The highest BCUT2D eigenvalue weighted by atomic mass is 19.1. The van der Waals surface area contributed by atoms with Crippen molar-refractivity contribution in [2.75, 3.05) is 46.2 Å². The number of carbonyl (C=O) groups excluding carboxylic acids is 1. The summed E-state index contributed by atoms with van der Waals surface area (Å²) in [7, 11) is 0. The van der Waals surface area contributed by atoms with Crippen molar-refractivity contribution in [2.24, 2.45) is 0 Å². The predicted molar refractivity (Wildman–Crippen MR) is 149 cm³/mol. The fourth-order valence-corrected chi connectivity index (χ4v) is 5.13. The van der Waals surface area contributed by atoms with Crippen molar-refractivity contribution >= 4 is 28.1 Å². The Morgan fingerprint density at radius 1 is 1.12 bits per heavy atom. The minimum absolute atomic E-state index is 0.0554. The molecule has 1 aliphatic carbocycles. The molecule has 2 amide bonds. The second kappa shape index (κ2) is 13.6. The van der Waals surface area contributed by atoms with Gasteiger partial charge in [-0.1, -0.05) is 0 Å². The van der Waals surface area contributed by atoms with E-state index in [1.54, 1.807) is 12.4 Å². The van der Waals surface area contributed by atoms with Gasteiger partial charge in [-0.3, -0.25) is 0 Å². The van der Waals surface area contributed by atoms with Crippen LogP contribution in [-0.2, 0) is 14.2 Å². The molecule has 0 saturated heterocycles. The van der Waals surface area contributed by atoms with E-state index in [2.05, 4.69) is 30.2 Å². The first kappa shape index (κ1) is 27.9. The van der Waals surface area contributed by atoms with E-state index in [9.17, 15) is 9.18 Å². The van der Waals surface area contributed by atoms with Crippen molar-refractivity contribution in [2.45, 2.75) is 44.7 Å². The summed E-state index contributed by atoms with van der Waals surface area (Å²) in [6.07, 6.45) is 10.5. The summed E-state index contributed by atoms with van der Waals surface area (Å²) in [5.74, 6) is 0.101. The van der Waals surface area contributed by atoms with Gasteiger partial charge in [0.05, 0.1) is 39.2 Å². The minimum atomic E-state index is -0.409. The Labute approximate surface area is 231 Å². The molecule has 1 aliphatic rings. The van der Waals surface area contributed by atoms with E-state index in [1.165, 1.54) is 12.3 Å². The van der Waals surface area contributed by atoms with Crippen LogP contribution in [0, 0.1) is 5.82 Å². The van der Waals surface area contributed by atoms with Gasteiger partial charge in [-0.25, -0.2) is 24.1 Å². The summed E-state index contributed by atoms with van der Waals surface area (Å²) in [6.45, 7) is 5.59. The number of pyridine rings is 1. The number of urea groups is 1. The average molecular weight is 554 g/mol. The number of rotatable bonds is 13. The molecule has 1 fully saturated rings. The highest BCUT2D eigenvalue weighted by Gasteiger charge is 2.26. The van der Waals surface area contributed by atoms with Gasteiger partial charge in [-0.05, 0) is 44.7 Å². The zero-order valence-corrected chi connectivity index (χ0v) is 22.7. The van der Waals surface area contributed by atoms with Gasteiger partial charge in [0.2, 0.25) is 0 Å². The van der Waals surface area contributed by atoms with Crippen LogP contribution in [0.5, 0.6) is 0 Å². The Balaban J connectivity index is 1.13. The third-order valence-corrected chi connectivity index (χ3v) is 7.05. The lowest BCUT2D eigenvalue weighted by molar-refractivity contribution is 0.0178. The predicted octanol–water partition coefficient (Wildman–Crippen LogP) is 3.97. The fourth-order valence-electron chi connectivity index (χ4n) is 5.13. The fraction of sp³-hybridized carbons (Fsp3) is 0.500. The molecule has 0 unspecified atom stereocenters. The third-order valence-electron chi connectivity index (χ3n) is 7.05. The van der Waals surface area contributed by atoms with E-state index in [4.69, 9.17) is 19.2 Å². The molecule has 4 heterocycles. The van der Waals surface area contributed by atoms with Gasteiger partial charge in [0, 0.05) is 60.2 Å². The number of aromatic amines is 1. The zero-order valence-electron chi connectivity index (χ0n) is 22.7. The maximum absolute atomic E-state index is 13.9. The first-order valence-electron chi connectivity index (χ1n) is 13.9. The van der Waals surface area contributed by atoms with Crippen LogP contribution in [0.3, 0.4) is 0 Å². The number of halogens is 1. The number of ether oxygens (including phenoxy) is 3. The zero-order chi connectivity index (χ0) is 27.7. The highest BCUT2D eigenvalue weighted by Crippen LogP contribution is 2.33. The minimum Gasteiger partial charge on any atom is -0.379 e. The first-order chi connectivity index (χ1) is 19.6. The molecule has 2 atom stereocenters. The quantitative estimate of drug-likeness (QED) is 0.214. The number of hydrogen-bond acceptors (Lipinski definition) is 7. The first-order valence-corrected chi connectivity index (χ1v) is 13.9. The van der Waals surface area contributed by atoms with Gasteiger partial charge in [0.1, 0.15) is 17.1 Å². The van der Waals surface area contributed by atoms with Crippen LogP contribution in [0.4, 0.5) is 9.18 Å². The highest BCUT2D eigenvalue weighted by molar-refractivity contribution is 5.92. The molecule has 0 aromatic carbocycles. The maximum atomic E-state index is 13.9. The number of fused-ring (bicyclic) bond motifs is 2. The van der Waals surface area contributed by atoms with Crippen molar-refractivity contribution in [3.05, 3.63) is 42.7 Å². The monoisotopic (exact) mass is 553 g/mol. The number of aromatic nitrogens is 5. The molecule has 12 heteroatoms. The Morgan fingerprint density at radius 2 is 1.95 bits per heavy atom. The lowest BCUT2D eigenvalue weighted by Crippen LogP contribution is -2.45. The van der Waals surface area contributed by atoms with Crippen LogP contribution in [0.15, 0.2) is 36.9 Å². The number of nitrogens with one attached hydrogen (secondary N) is 3. The maximum Gasteiger partial charge on any atom is 0.315 e. The molecule has 4 aromatic rings. The number of H-pyrrole nitrogens is 1. The van der Waals surface area contributed by atoms with Crippen molar-refractivity contribution in [3.8, 4) is 11.4 Å². The number of carbonyl (C=O) groups is 1. The molecule has 0 radical (unpaired) electrons. The molecule has 3 N–H and O–H groups in total. The Kier molecular flexibility index (Phi) is 9.53. The molecule has 4 aromatic heterocycles. The molecule has 40 heavy (non-hydrogen) atoms. The van der Waals surface area contributed by atoms with Gasteiger partial charge in [0.25, 0.3) is 0 Å². The SMILES string of the molecule is CCOCCOCCOCCNC(=O)N[C@@H]1CCC[C@H](n2ccc3cnc(-c4c[nH]c5ncc(F)cc45)nc32)C1. The molecule has 1 saturated carbocycles. The van der Waals surface area contributed by atoms with E-state index in [-0.39, 0.29) is 18.1 Å². The summed E-state index contributed by atoms with van der Waals surface area (Å²) < 4.78 is 32.1. The van der Waals surface area contributed by atoms with E-state index in [1.807, 2.05) is 19.2 Å². The summed E-state index contributed by atoms with van der Waals surface area (Å²) >= 11 is 0. The summed E-state index contributed by atoms with van der Waals surface area (Å²) in [5, 5.41) is 7.55. The molecule has 11 nitrogen and oxygen atoms in total. The van der Waals surface area contributed by atoms with E-state index in [0.29, 0.717) is 68.6 Å². The van der Waals surface area contributed by atoms with Crippen LogP contribution in [0.25, 0.3) is 33.5 Å². The second-order valence-electron chi connectivity index (χ2n) is 9.79. The van der Waals surface area contributed by atoms with Crippen molar-refractivity contribution < 1.29 is 23.4 Å². The number of hydrogen-bond donors (Lipinski definition) is 3. The van der Waals surface area contributed by atoms with Gasteiger partial charge in [-0.2, -0.15) is 0 Å². The van der Waals surface area contributed by atoms with Crippen LogP contribution in [-0.4, -0.2) is 82.8 Å². The van der Waals surface area contributed by atoms with Gasteiger partial charge < -0.3 is 34.4 Å². The van der Waals surface area contributed by atoms with Crippen LogP contribution in [0.2, 0.25) is 0 Å². The largest absolute Gasteiger partial charge is 0.379 e. The van der Waals surface area contributed by atoms with Crippen LogP contribution >= 0.6 is 0 Å². The normalized spacial score (nSPS) is 17.4. The standard InChI is InChI=1S/C28H36FN7O4/c1-2-38-10-11-40-13-12-39-9-7-30-28(37)34-21-4-3-5-22(15-21)36-8-6-19-16-31-26(35-27(19)36)24-18-33-25-23(24)14-20(29)17-32-25/h6,8,14,16-18,21-22H,2-5,7,9-13,15H2,1H3,(H,32,33)(H2,30,34,37)/t21-,22+/m1/s1. The topological polar surface area (TPSA) is 128 Å². The molecular weight excluding hydrogens is 517 g/mol. The molecular formula is C28H36FN7O4. The Bertz CT molecular complexity index is 1410. The average Bonchev–Trinajstić information content (AvgIpc) is 3.58. The second-order valence-corrected chi connectivity index (χ2v) is 9.79. The van der Waals surface area contributed by atoms with Gasteiger partial charge >= 0.3 is 6.03 Å². The van der Waals surface area contributed by atoms with Crippen LogP contribution in [0.1, 0.15) is 38.6 Å². The number of nitrogens with zero attached hydrogens (tertiary/aromatic N) is 4. The van der Waals surface area contributed by atoms with E-state index >= 15 is 0 Å². The Hall–Kier alpha value is -3.61. The summed E-state index contributed by atoms with van der Waals surface area (Å²) in [5.41, 5.74) is 2.11. The summed E-state index contributed by atoms with van der Waals surface area (Å²) in [6, 6.07) is 3.50. The lowest BCUT2D eigenvalue weighted by atomic mass is 9.91. The molecule has 214 valence electrons. The molecule has 5 rings (SSSR count). The van der Waals surface area contributed by atoms with Crippen molar-refractivity contribution in [1.82, 2.24) is 35.1 Å². The van der Waals surface area contributed by atoms with Crippen molar-refractivity contribution in [3.63, 3.8) is 0 Å². The molecule has 0 spiro atoms. The van der Waals surface area contributed by atoms with E-state index < -0.39 is 5.82 Å². The van der Waals surface area contributed by atoms with Crippen LogP contribution < -0.4 is 10.6 Å². The third kappa shape index (κ3) is 6.93. The lowest BCUT2D eigenvalue weighted by Gasteiger charge is -2.31. The number of amides is 2. The Morgan fingerprint density at radius 3 is 2.80 bits per heavy atom. The van der Waals surface area contributed by atoms with E-state index in [0.717, 1.165) is 36.7 Å². The molecule has 0 bridgehead atoms. The molecule has 0 aliphatic heterocycles. The van der Waals surface area contributed by atoms with Gasteiger partial charge in [-0.15, -0.1) is 0 Å². The van der Waals surface area contributed by atoms with Crippen molar-refractivity contribution in [1.29, 1.82) is 0 Å².